The van der Waals surface area contributed by atoms with Gasteiger partial charge in [-0.25, -0.2) is 9.59 Å². The molecule has 0 fully saturated rings. The fraction of sp³-hybridized carbons (Fsp3) is 0.371. The Balaban J connectivity index is 1.57. The monoisotopic (exact) mass is 691 g/mol. The Morgan fingerprint density at radius 3 is 2.35 bits per heavy atom. The van der Waals surface area contributed by atoms with Gasteiger partial charge in [0.2, 0.25) is 11.8 Å². The molecule has 1 aliphatic heterocycles. The summed E-state index contributed by atoms with van der Waals surface area (Å²) in [5.74, 6) is -0.731. The average Bonchev–Trinajstić information content (AvgIpc) is 3.12. The van der Waals surface area contributed by atoms with E-state index in [4.69, 9.17) is 4.74 Å². The van der Waals surface area contributed by atoms with Crippen molar-refractivity contribution in [2.75, 3.05) is 11.9 Å². The van der Waals surface area contributed by atoms with Crippen molar-refractivity contribution in [1.29, 1.82) is 0 Å². The summed E-state index contributed by atoms with van der Waals surface area (Å²) in [5.41, 5.74) is 3.53. The smallest absolute Gasteiger partial charge is 0.408 e. The van der Waals surface area contributed by atoms with Crippen LogP contribution < -0.4 is 26.2 Å². The van der Waals surface area contributed by atoms with Gasteiger partial charge >= 0.3 is 12.1 Å². The lowest BCUT2D eigenvalue weighted by Gasteiger charge is -2.31. The van der Waals surface area contributed by atoms with Crippen LogP contribution in [0.25, 0.3) is 11.1 Å². The fourth-order valence-electron chi connectivity index (χ4n) is 5.20. The lowest BCUT2D eigenvalue weighted by atomic mass is 9.98. The lowest BCUT2D eigenvalue weighted by Crippen LogP contribution is -2.59. The summed E-state index contributed by atoms with van der Waals surface area (Å²) in [6, 6.07) is 20.5. The van der Waals surface area contributed by atoms with E-state index in [-0.39, 0.29) is 18.5 Å². The number of carbonyl (C=O) groups is 4. The zero-order valence-corrected chi connectivity index (χ0v) is 28.7. The lowest BCUT2D eigenvalue weighted by molar-refractivity contribution is -0.131. The number of nitrogens with one attached hydrogen (secondary N) is 4. The minimum atomic E-state index is -1.32. The summed E-state index contributed by atoms with van der Waals surface area (Å²) in [7, 11) is 1.57. The van der Waals surface area contributed by atoms with Crippen LogP contribution in [0.3, 0.4) is 0 Å². The molecule has 1 atom stereocenters. The number of para-hydroxylation sites is 1. The van der Waals surface area contributed by atoms with Crippen LogP contribution in [-0.2, 0) is 33.8 Å². The van der Waals surface area contributed by atoms with Gasteiger partial charge in [0, 0.05) is 23.8 Å². The molecule has 4 N–H and O–H groups in total. The standard InChI is InChI=1S/C35H42BrN5O5/c1-34(2,3)46-33(45)40-35(4,5)31(43)39-28-18-17-22-11-8-10-14-29(22)41(30(28)42)21-25-16-15-23(19-27(25)36)26-13-9-7-12-24(26)20-38-32(44)37-6/h7-16,19,28H,17-18,20-21H2,1-6H3,(H,39,43)(H,40,45)(H2,37,38,44)/t28-/m1/s1. The molecule has 0 radical (unpaired) electrons. The summed E-state index contributed by atoms with van der Waals surface area (Å²) in [6.07, 6.45) is 0.277. The molecule has 46 heavy (non-hydrogen) atoms. The number of alkyl carbamates (subject to hydrolysis) is 1. The Hall–Kier alpha value is -4.38. The summed E-state index contributed by atoms with van der Waals surface area (Å²) in [5, 5.41) is 10.9. The van der Waals surface area contributed by atoms with E-state index < -0.39 is 29.2 Å². The number of aryl methyl sites for hydroxylation is 1. The Morgan fingerprint density at radius 2 is 1.65 bits per heavy atom. The molecule has 1 heterocycles. The Labute approximate surface area is 278 Å². The van der Waals surface area contributed by atoms with E-state index in [9.17, 15) is 19.2 Å². The zero-order chi connectivity index (χ0) is 33.6. The van der Waals surface area contributed by atoms with Crippen molar-refractivity contribution in [2.45, 2.75) is 77.7 Å². The highest BCUT2D eigenvalue weighted by atomic mass is 79.9. The third kappa shape index (κ3) is 8.66. The highest BCUT2D eigenvalue weighted by Crippen LogP contribution is 2.33. The van der Waals surface area contributed by atoms with Crippen LogP contribution in [0.1, 0.15) is 57.7 Å². The van der Waals surface area contributed by atoms with Gasteiger partial charge in [-0.15, -0.1) is 0 Å². The number of hydrogen-bond acceptors (Lipinski definition) is 5. The maximum Gasteiger partial charge on any atom is 0.408 e. The highest BCUT2D eigenvalue weighted by Gasteiger charge is 2.37. The second-order valence-electron chi connectivity index (χ2n) is 12.8. The number of anilines is 1. The van der Waals surface area contributed by atoms with Crippen LogP contribution in [0.2, 0.25) is 0 Å². The summed E-state index contributed by atoms with van der Waals surface area (Å²) >= 11 is 3.73. The number of rotatable bonds is 8. The first-order chi connectivity index (χ1) is 21.7. The molecule has 10 nitrogen and oxygen atoms in total. The van der Waals surface area contributed by atoms with Gasteiger partial charge in [-0.3, -0.25) is 9.59 Å². The third-order valence-corrected chi connectivity index (χ3v) is 8.35. The fourth-order valence-corrected chi connectivity index (χ4v) is 5.70. The molecule has 0 unspecified atom stereocenters. The molecule has 11 heteroatoms. The van der Waals surface area contributed by atoms with Gasteiger partial charge in [0.15, 0.2) is 0 Å². The maximum atomic E-state index is 14.1. The maximum absolute atomic E-state index is 14.1. The van der Waals surface area contributed by atoms with E-state index in [2.05, 4.69) is 37.2 Å². The molecule has 0 bridgehead atoms. The van der Waals surface area contributed by atoms with Crippen LogP contribution in [-0.4, -0.2) is 48.2 Å². The summed E-state index contributed by atoms with van der Waals surface area (Å²) < 4.78 is 6.15. The second-order valence-corrected chi connectivity index (χ2v) is 13.6. The van der Waals surface area contributed by atoms with Crippen molar-refractivity contribution in [2.24, 2.45) is 0 Å². The van der Waals surface area contributed by atoms with Crippen LogP contribution in [0.4, 0.5) is 15.3 Å². The van der Waals surface area contributed by atoms with E-state index in [1.54, 1.807) is 46.6 Å². The van der Waals surface area contributed by atoms with Gasteiger partial charge in [0.1, 0.15) is 17.2 Å². The molecule has 4 rings (SSSR count). The molecule has 5 amide bonds. The second kappa shape index (κ2) is 14.4. The minimum absolute atomic E-state index is 0.243. The van der Waals surface area contributed by atoms with Crippen molar-refractivity contribution in [1.82, 2.24) is 21.3 Å². The Morgan fingerprint density at radius 1 is 0.957 bits per heavy atom. The first-order valence-electron chi connectivity index (χ1n) is 15.2. The van der Waals surface area contributed by atoms with Gasteiger partial charge in [0.05, 0.1) is 6.54 Å². The van der Waals surface area contributed by atoms with Gasteiger partial charge in [-0.2, -0.15) is 0 Å². The highest BCUT2D eigenvalue weighted by molar-refractivity contribution is 9.10. The van der Waals surface area contributed by atoms with Crippen LogP contribution in [0, 0.1) is 0 Å². The quantitative estimate of drug-likeness (QED) is 0.237. The van der Waals surface area contributed by atoms with E-state index in [1.165, 1.54) is 0 Å². The number of amides is 5. The van der Waals surface area contributed by atoms with Gasteiger partial charge in [-0.05, 0) is 87.4 Å². The van der Waals surface area contributed by atoms with E-state index in [1.807, 2.05) is 66.7 Å². The molecular formula is C35H42BrN5O5. The molecule has 244 valence electrons. The predicted octanol–water partition coefficient (Wildman–Crippen LogP) is 5.81. The molecular weight excluding hydrogens is 650 g/mol. The number of ether oxygens (including phenoxy) is 1. The summed E-state index contributed by atoms with van der Waals surface area (Å²) in [6.45, 7) is 9.02. The topological polar surface area (TPSA) is 129 Å². The number of nitrogens with zero attached hydrogens (tertiary/aromatic N) is 1. The van der Waals surface area contributed by atoms with E-state index in [0.717, 1.165) is 38.0 Å². The predicted molar refractivity (Wildman–Crippen MR) is 182 cm³/mol. The van der Waals surface area contributed by atoms with E-state index >= 15 is 0 Å². The number of urea groups is 1. The molecule has 0 saturated carbocycles. The van der Waals surface area contributed by atoms with Crippen molar-refractivity contribution >= 4 is 45.6 Å². The number of carbonyl (C=O) groups excluding carboxylic acids is 4. The molecule has 0 saturated heterocycles. The normalized spacial score (nSPS) is 14.9. The van der Waals surface area contributed by atoms with Crippen LogP contribution >= 0.6 is 15.9 Å². The van der Waals surface area contributed by atoms with Crippen molar-refractivity contribution in [3.8, 4) is 11.1 Å². The molecule has 0 aromatic heterocycles. The SMILES string of the molecule is CNC(=O)NCc1ccccc1-c1ccc(CN2C(=O)[C@H](NC(=O)C(C)(C)NC(=O)OC(C)(C)C)CCc3ccccc32)c(Br)c1. The largest absolute Gasteiger partial charge is 0.444 e. The molecule has 0 aliphatic carbocycles. The molecule has 3 aromatic carbocycles. The first kappa shape index (κ1) is 34.5. The molecule has 1 aliphatic rings. The van der Waals surface area contributed by atoms with Gasteiger partial charge in [-0.1, -0.05) is 70.5 Å². The zero-order valence-electron chi connectivity index (χ0n) is 27.1. The third-order valence-electron chi connectivity index (χ3n) is 7.61. The first-order valence-corrected chi connectivity index (χ1v) is 16.0. The number of benzene rings is 3. The average molecular weight is 693 g/mol. The van der Waals surface area contributed by atoms with E-state index in [0.29, 0.717) is 19.4 Å². The van der Waals surface area contributed by atoms with Gasteiger partial charge in [0.25, 0.3) is 0 Å². The summed E-state index contributed by atoms with van der Waals surface area (Å²) in [4.78, 5) is 53.4. The van der Waals surface area contributed by atoms with Crippen molar-refractivity contribution < 1.29 is 23.9 Å². The number of hydrogen-bond donors (Lipinski definition) is 4. The van der Waals surface area contributed by atoms with Crippen LogP contribution in [0.15, 0.2) is 71.2 Å². The Bertz CT molecular complexity index is 1620. The Kier molecular flexibility index (Phi) is 10.8. The van der Waals surface area contributed by atoms with Crippen molar-refractivity contribution in [3.63, 3.8) is 0 Å². The van der Waals surface area contributed by atoms with Crippen LogP contribution in [0.5, 0.6) is 0 Å². The minimum Gasteiger partial charge on any atom is -0.444 e. The van der Waals surface area contributed by atoms with Crippen molar-refractivity contribution in [3.05, 3.63) is 87.9 Å². The molecule has 3 aromatic rings. The number of fused-ring (bicyclic) bond motifs is 1. The number of halogens is 1. The van der Waals surface area contributed by atoms with Gasteiger partial charge < -0.3 is 30.9 Å². The molecule has 0 spiro atoms.